The van der Waals surface area contributed by atoms with Crippen LogP contribution in [-0.2, 0) is 14.8 Å². The molecule has 0 saturated carbocycles. The average molecular weight is 334 g/mol. The van der Waals surface area contributed by atoms with Gasteiger partial charge in [-0.1, -0.05) is 18.2 Å². The third-order valence-corrected chi connectivity index (χ3v) is 5.04. The molecule has 2 rings (SSSR count). The normalized spacial score (nSPS) is 11.0. The summed E-state index contributed by atoms with van der Waals surface area (Å²) in [5.41, 5.74) is 5.60. The molecule has 0 aliphatic carbocycles. The van der Waals surface area contributed by atoms with E-state index >= 15 is 0 Å². The number of nitrogens with zero attached hydrogens (tertiary/aromatic N) is 1. The maximum atomic E-state index is 12.8. The van der Waals surface area contributed by atoms with E-state index in [4.69, 9.17) is 10.5 Å². The molecular weight excluding hydrogens is 316 g/mol. The highest BCUT2D eigenvalue weighted by Gasteiger charge is 2.23. The van der Waals surface area contributed by atoms with Gasteiger partial charge >= 0.3 is 0 Å². The Morgan fingerprint density at radius 2 is 1.70 bits per heavy atom. The summed E-state index contributed by atoms with van der Waals surface area (Å²) in [6, 6.07) is 14.8. The molecule has 23 heavy (non-hydrogen) atoms. The number of amides is 1. The van der Waals surface area contributed by atoms with Crippen molar-refractivity contribution in [3.05, 3.63) is 54.6 Å². The van der Waals surface area contributed by atoms with Crippen LogP contribution in [0.15, 0.2) is 59.5 Å². The lowest BCUT2D eigenvalue weighted by Crippen LogP contribution is -2.30. The van der Waals surface area contributed by atoms with Crippen molar-refractivity contribution in [2.75, 3.05) is 17.5 Å². The lowest BCUT2D eigenvalue weighted by Gasteiger charge is -2.23. The van der Waals surface area contributed by atoms with Crippen LogP contribution in [0.2, 0.25) is 0 Å². The smallest absolute Gasteiger partial charge is 0.264 e. The number of ether oxygens (including phenoxy) is 1. The summed E-state index contributed by atoms with van der Waals surface area (Å²) in [6.45, 7) is 1.83. The topological polar surface area (TPSA) is 89.7 Å². The number of nitrogens with two attached hydrogens (primary N) is 1. The van der Waals surface area contributed by atoms with E-state index in [0.29, 0.717) is 18.0 Å². The van der Waals surface area contributed by atoms with E-state index in [-0.39, 0.29) is 11.5 Å². The summed E-state index contributed by atoms with van der Waals surface area (Å²) in [7, 11) is -3.67. The molecule has 0 saturated heterocycles. The third-order valence-electron chi connectivity index (χ3n) is 3.12. The molecule has 0 bridgehead atoms. The van der Waals surface area contributed by atoms with Crippen molar-refractivity contribution in [2.24, 2.45) is 5.73 Å². The van der Waals surface area contributed by atoms with Gasteiger partial charge in [-0.3, -0.25) is 9.10 Å². The zero-order valence-electron chi connectivity index (χ0n) is 12.7. The molecule has 0 radical (unpaired) electrons. The Morgan fingerprint density at radius 3 is 2.22 bits per heavy atom. The molecule has 0 spiro atoms. The molecule has 2 aromatic rings. The number of anilines is 1. The van der Waals surface area contributed by atoms with Gasteiger partial charge in [0.05, 0.1) is 10.6 Å². The average Bonchev–Trinajstić information content (AvgIpc) is 2.55. The molecule has 0 aromatic heterocycles. The van der Waals surface area contributed by atoms with Crippen molar-refractivity contribution in [3.63, 3.8) is 0 Å². The first-order chi connectivity index (χ1) is 10.9. The minimum absolute atomic E-state index is 0.148. The molecule has 0 aliphatic heterocycles. The monoisotopic (exact) mass is 334 g/mol. The second-order valence-corrected chi connectivity index (χ2v) is 6.59. The summed E-state index contributed by atoms with van der Waals surface area (Å²) in [6.07, 6.45) is 0. The molecule has 0 atom stereocenters. The highest BCUT2D eigenvalue weighted by molar-refractivity contribution is 7.92. The fourth-order valence-corrected chi connectivity index (χ4v) is 3.55. The summed E-state index contributed by atoms with van der Waals surface area (Å²) in [5.74, 6) is -0.214. The van der Waals surface area contributed by atoms with Crippen LogP contribution in [0, 0.1) is 0 Å². The summed E-state index contributed by atoms with van der Waals surface area (Å²) in [5, 5.41) is 0. The first-order valence-corrected chi connectivity index (χ1v) is 8.48. The van der Waals surface area contributed by atoms with Gasteiger partial charge in [-0.2, -0.15) is 0 Å². The predicted molar refractivity (Wildman–Crippen MR) is 87.8 cm³/mol. The van der Waals surface area contributed by atoms with E-state index < -0.39 is 15.9 Å². The van der Waals surface area contributed by atoms with E-state index in [1.54, 1.807) is 31.2 Å². The number of rotatable bonds is 7. The summed E-state index contributed by atoms with van der Waals surface area (Å²) >= 11 is 0. The Morgan fingerprint density at radius 1 is 1.09 bits per heavy atom. The lowest BCUT2D eigenvalue weighted by molar-refractivity contribution is -0.119. The van der Waals surface area contributed by atoms with Crippen molar-refractivity contribution < 1.29 is 17.9 Å². The van der Waals surface area contributed by atoms with Crippen LogP contribution in [-0.4, -0.2) is 27.5 Å². The number of carbonyl (C=O) groups excluding carboxylic acids is 1. The summed E-state index contributed by atoms with van der Waals surface area (Å²) in [4.78, 5) is 10.8. The Bertz CT molecular complexity index is 758. The minimum Gasteiger partial charge on any atom is -0.484 e. The van der Waals surface area contributed by atoms with Crippen molar-refractivity contribution >= 4 is 21.6 Å². The van der Waals surface area contributed by atoms with Crippen LogP contribution in [0.4, 0.5) is 5.69 Å². The first kappa shape index (κ1) is 16.8. The van der Waals surface area contributed by atoms with Gasteiger partial charge in [0.2, 0.25) is 0 Å². The molecule has 122 valence electrons. The third kappa shape index (κ3) is 4.01. The van der Waals surface area contributed by atoms with E-state index in [9.17, 15) is 13.2 Å². The molecule has 0 unspecified atom stereocenters. The van der Waals surface area contributed by atoms with E-state index in [0.717, 1.165) is 0 Å². The highest BCUT2D eigenvalue weighted by atomic mass is 32.2. The number of hydrogen-bond donors (Lipinski definition) is 1. The fourth-order valence-electron chi connectivity index (χ4n) is 2.08. The van der Waals surface area contributed by atoms with Crippen molar-refractivity contribution in [1.29, 1.82) is 0 Å². The van der Waals surface area contributed by atoms with Crippen molar-refractivity contribution in [2.45, 2.75) is 11.8 Å². The zero-order valence-corrected chi connectivity index (χ0v) is 13.5. The number of primary amides is 1. The number of para-hydroxylation sites is 1. The van der Waals surface area contributed by atoms with Crippen LogP contribution in [0.25, 0.3) is 0 Å². The van der Waals surface area contributed by atoms with Crippen LogP contribution < -0.4 is 14.8 Å². The SMILES string of the molecule is CCN(c1ccccc1)S(=O)(=O)c1ccc(OCC(N)=O)cc1. The standard InChI is InChI=1S/C16H18N2O4S/c1-2-18(13-6-4-3-5-7-13)23(20,21)15-10-8-14(9-11-15)22-12-16(17)19/h3-11H,2,12H2,1H3,(H2,17,19). The number of benzene rings is 2. The van der Waals surface area contributed by atoms with Gasteiger partial charge < -0.3 is 10.5 Å². The zero-order chi connectivity index (χ0) is 16.9. The van der Waals surface area contributed by atoms with Gasteiger partial charge in [-0.05, 0) is 43.3 Å². The minimum atomic E-state index is -3.67. The van der Waals surface area contributed by atoms with E-state index in [1.807, 2.05) is 6.07 Å². The molecule has 6 nitrogen and oxygen atoms in total. The fraction of sp³-hybridized carbons (Fsp3) is 0.188. The van der Waals surface area contributed by atoms with Crippen LogP contribution in [0.3, 0.4) is 0 Å². The van der Waals surface area contributed by atoms with Gasteiger partial charge in [0.15, 0.2) is 6.61 Å². The predicted octanol–water partition coefficient (Wildman–Crippen LogP) is 1.77. The second-order valence-electron chi connectivity index (χ2n) is 4.73. The van der Waals surface area contributed by atoms with Gasteiger partial charge in [0.25, 0.3) is 15.9 Å². The molecule has 2 aromatic carbocycles. The van der Waals surface area contributed by atoms with Crippen LogP contribution in [0.1, 0.15) is 6.92 Å². The molecular formula is C16H18N2O4S. The Balaban J connectivity index is 2.26. The molecule has 0 aliphatic rings. The molecule has 0 fully saturated rings. The molecule has 0 heterocycles. The maximum Gasteiger partial charge on any atom is 0.264 e. The van der Waals surface area contributed by atoms with Crippen LogP contribution >= 0.6 is 0 Å². The Labute approximate surface area is 135 Å². The first-order valence-electron chi connectivity index (χ1n) is 7.04. The van der Waals surface area contributed by atoms with Crippen LogP contribution in [0.5, 0.6) is 5.75 Å². The second kappa shape index (κ2) is 7.15. The number of hydrogen-bond acceptors (Lipinski definition) is 4. The Hall–Kier alpha value is -2.54. The van der Waals surface area contributed by atoms with E-state index in [1.165, 1.54) is 28.6 Å². The Kier molecular flexibility index (Phi) is 5.23. The number of sulfonamides is 1. The quantitative estimate of drug-likeness (QED) is 0.835. The largest absolute Gasteiger partial charge is 0.484 e. The molecule has 7 heteroatoms. The van der Waals surface area contributed by atoms with Crippen molar-refractivity contribution in [1.82, 2.24) is 0 Å². The lowest BCUT2D eigenvalue weighted by atomic mass is 10.3. The highest BCUT2D eigenvalue weighted by Crippen LogP contribution is 2.24. The van der Waals surface area contributed by atoms with Gasteiger partial charge in [-0.15, -0.1) is 0 Å². The summed E-state index contributed by atoms with van der Waals surface area (Å²) < 4.78 is 32.0. The van der Waals surface area contributed by atoms with Crippen molar-refractivity contribution in [3.8, 4) is 5.75 Å². The van der Waals surface area contributed by atoms with Gasteiger partial charge in [0, 0.05) is 6.54 Å². The van der Waals surface area contributed by atoms with E-state index in [2.05, 4.69) is 0 Å². The van der Waals surface area contributed by atoms with Gasteiger partial charge in [-0.25, -0.2) is 8.42 Å². The maximum absolute atomic E-state index is 12.8. The number of carbonyl (C=O) groups is 1. The van der Waals surface area contributed by atoms with Gasteiger partial charge in [0.1, 0.15) is 5.75 Å². The molecule has 2 N–H and O–H groups in total. The molecule has 1 amide bonds.